The van der Waals surface area contributed by atoms with Crippen molar-refractivity contribution in [2.45, 2.75) is 39.3 Å². The van der Waals surface area contributed by atoms with Crippen molar-refractivity contribution in [2.75, 3.05) is 0 Å². The lowest BCUT2D eigenvalue weighted by atomic mass is 9.87. The largest absolute Gasteiger partial charge is 0.458 e. The second-order valence-corrected chi connectivity index (χ2v) is 19.4. The average molecular weight is 681 g/mol. The molecule has 248 valence electrons. The van der Waals surface area contributed by atoms with Gasteiger partial charge in [-0.2, -0.15) is 0 Å². The Kier molecular flexibility index (Phi) is 6.16. The number of hydrogen-bond acceptors (Lipinski definition) is 3. The molecule has 1 aliphatic rings. The minimum absolute atomic E-state index is 0.0850. The molecule has 0 aliphatic carbocycles. The summed E-state index contributed by atoms with van der Waals surface area (Å²) in [5, 5.41) is 2.71. The van der Waals surface area contributed by atoms with Crippen LogP contribution in [0.15, 0.2) is 128 Å². The smallest absolute Gasteiger partial charge is 0.269 e. The molecule has 0 amide bonds. The van der Waals surface area contributed by atoms with Gasteiger partial charge in [0.25, 0.3) is 6.33 Å². The van der Waals surface area contributed by atoms with E-state index >= 15 is 0 Å². The summed E-state index contributed by atoms with van der Waals surface area (Å²) >= 11 is 0. The lowest BCUT2D eigenvalue weighted by Crippen LogP contribution is -2.57. The Hall–Kier alpha value is -5.99. The number of fused-ring (bicyclic) bond motifs is 8. The Balaban J connectivity index is 1.17. The molecule has 0 unspecified atom stereocenters. The molecule has 0 fully saturated rings. The molecule has 51 heavy (non-hydrogen) atoms. The number of pyridine rings is 1. The average Bonchev–Trinajstić information content (AvgIpc) is 3.80. The highest BCUT2D eigenvalue weighted by Gasteiger charge is 2.39. The van der Waals surface area contributed by atoms with Gasteiger partial charge in [0.15, 0.2) is 5.65 Å². The molecule has 0 saturated carbocycles. The molecular formula is C43H36N6OSi. The van der Waals surface area contributed by atoms with E-state index in [1.165, 1.54) is 27.1 Å². The van der Waals surface area contributed by atoms with Crippen molar-refractivity contribution in [1.82, 2.24) is 23.5 Å². The number of aromatic nitrogens is 6. The molecule has 0 atom stereocenters. The predicted molar refractivity (Wildman–Crippen MR) is 206 cm³/mol. The van der Waals surface area contributed by atoms with Gasteiger partial charge in [0.05, 0.1) is 33.4 Å². The summed E-state index contributed by atoms with van der Waals surface area (Å²) in [5.41, 5.74) is 10.5. The molecule has 5 aromatic carbocycles. The minimum atomic E-state index is -2.15. The summed E-state index contributed by atoms with van der Waals surface area (Å²) in [5.74, 6) is 2.43. The van der Waals surface area contributed by atoms with E-state index in [1.807, 2.05) is 24.4 Å². The number of nitrogens with zero attached hydrogens (tertiary/aromatic N) is 6. The highest BCUT2D eigenvalue weighted by Crippen LogP contribution is 2.37. The van der Waals surface area contributed by atoms with Crippen molar-refractivity contribution in [2.24, 2.45) is 0 Å². The van der Waals surface area contributed by atoms with E-state index in [-0.39, 0.29) is 5.41 Å². The highest BCUT2D eigenvalue weighted by molar-refractivity contribution is 7.02. The maximum absolute atomic E-state index is 6.85. The molecule has 7 nitrogen and oxygen atoms in total. The van der Waals surface area contributed by atoms with Crippen LogP contribution < -0.4 is 19.7 Å². The standard InChI is InChI=1S/C43H36N6OSi/c1-43(2,3)32-22-23-44-41-39(32)45-42-48-35-20-11-12-21-37(35)51(4,5)38-26-31(25-36(40(38)48)49(41)42)50-30-17-13-16-29(24-30)47-27-46(28-14-7-6-8-15-28)33-18-9-10-19-34(33)47/h6-26H,1-5H3. The van der Waals surface area contributed by atoms with E-state index in [0.717, 1.165) is 56.4 Å². The van der Waals surface area contributed by atoms with Crippen LogP contribution in [0.5, 0.6) is 11.5 Å². The lowest BCUT2D eigenvalue weighted by molar-refractivity contribution is -0.572. The normalized spacial score (nSPS) is 13.7. The maximum atomic E-state index is 6.85. The van der Waals surface area contributed by atoms with Crippen LogP contribution in [-0.2, 0) is 5.41 Å². The molecule has 0 saturated heterocycles. The molecule has 0 N–H and O–H groups in total. The van der Waals surface area contributed by atoms with Crippen LogP contribution in [0.1, 0.15) is 26.3 Å². The van der Waals surface area contributed by atoms with E-state index in [1.54, 1.807) is 0 Å². The zero-order valence-corrected chi connectivity index (χ0v) is 30.2. The van der Waals surface area contributed by atoms with Crippen molar-refractivity contribution < 1.29 is 9.30 Å². The fourth-order valence-electron chi connectivity index (χ4n) is 7.99. The van der Waals surface area contributed by atoms with E-state index in [2.05, 4.69) is 161 Å². The van der Waals surface area contributed by atoms with Crippen molar-refractivity contribution in [1.29, 1.82) is 0 Å². The van der Waals surface area contributed by atoms with Crippen LogP contribution in [0.3, 0.4) is 0 Å². The van der Waals surface area contributed by atoms with Crippen LogP contribution in [-0.4, -0.2) is 31.6 Å². The first-order valence-corrected chi connectivity index (χ1v) is 20.4. The zero-order chi connectivity index (χ0) is 34.6. The van der Waals surface area contributed by atoms with Gasteiger partial charge >= 0.3 is 0 Å². The van der Waals surface area contributed by atoms with Gasteiger partial charge < -0.3 is 4.74 Å². The Morgan fingerprint density at radius 1 is 0.745 bits per heavy atom. The van der Waals surface area contributed by atoms with Crippen LogP contribution in [0.4, 0.5) is 0 Å². The molecule has 0 radical (unpaired) electrons. The van der Waals surface area contributed by atoms with Crippen molar-refractivity contribution in [3.05, 3.63) is 139 Å². The molecule has 4 aromatic heterocycles. The molecular weight excluding hydrogens is 645 g/mol. The third-order valence-corrected chi connectivity index (χ3v) is 13.9. The van der Waals surface area contributed by atoms with Gasteiger partial charge in [-0.15, -0.1) is 0 Å². The SMILES string of the molecule is CC(C)(C)c1ccnc2c1nc1n3c4c(cc(Oc5cccc(-n6[c-][n+](-c7ccccc7)c7ccccc76)c5)cc4n21)[Si](C)(C)c1ccccc1-3. The first kappa shape index (κ1) is 29.9. The Labute approximate surface area is 296 Å². The Bertz CT molecular complexity index is 2850. The fourth-order valence-corrected chi connectivity index (χ4v) is 11.0. The number of benzene rings is 5. The Morgan fingerprint density at radius 2 is 1.53 bits per heavy atom. The lowest BCUT2D eigenvalue weighted by Gasteiger charge is -2.32. The molecule has 8 heteroatoms. The molecule has 0 spiro atoms. The van der Waals surface area contributed by atoms with Crippen molar-refractivity contribution >= 4 is 57.5 Å². The molecule has 0 bridgehead atoms. The summed E-state index contributed by atoms with van der Waals surface area (Å²) in [7, 11) is -2.15. The number of rotatable bonds is 4. The van der Waals surface area contributed by atoms with Gasteiger partial charge in [-0.05, 0) is 69.9 Å². The number of ether oxygens (including phenoxy) is 1. The van der Waals surface area contributed by atoms with Gasteiger partial charge in [0, 0.05) is 18.0 Å². The third-order valence-electron chi connectivity index (χ3n) is 10.4. The second kappa shape index (κ2) is 10.5. The molecule has 9 aromatic rings. The third kappa shape index (κ3) is 4.32. The fraction of sp³-hybridized carbons (Fsp3) is 0.140. The number of hydrogen-bond donors (Lipinski definition) is 0. The van der Waals surface area contributed by atoms with Crippen molar-refractivity contribution in [3.63, 3.8) is 0 Å². The van der Waals surface area contributed by atoms with Gasteiger partial charge in [-0.25, -0.2) is 9.97 Å². The topological polar surface area (TPSA) is 53.2 Å². The summed E-state index contributed by atoms with van der Waals surface area (Å²) in [6.07, 6.45) is 5.52. The summed E-state index contributed by atoms with van der Waals surface area (Å²) in [6.45, 7) is 11.6. The minimum Gasteiger partial charge on any atom is -0.458 e. The first-order chi connectivity index (χ1) is 24.7. The van der Waals surface area contributed by atoms with E-state index in [0.29, 0.717) is 0 Å². The first-order valence-electron chi connectivity index (χ1n) is 17.4. The zero-order valence-electron chi connectivity index (χ0n) is 29.2. The maximum Gasteiger partial charge on any atom is 0.269 e. The van der Waals surface area contributed by atoms with Crippen LogP contribution in [0, 0.1) is 6.33 Å². The van der Waals surface area contributed by atoms with Gasteiger partial charge in [0.2, 0.25) is 5.78 Å². The van der Waals surface area contributed by atoms with Crippen LogP contribution in [0.25, 0.3) is 56.1 Å². The van der Waals surface area contributed by atoms with Crippen LogP contribution >= 0.6 is 0 Å². The predicted octanol–water partition coefficient (Wildman–Crippen LogP) is 8.07. The molecule has 5 heterocycles. The van der Waals surface area contributed by atoms with Crippen molar-refractivity contribution in [3.8, 4) is 28.6 Å². The highest BCUT2D eigenvalue weighted by atomic mass is 28.3. The molecule has 10 rings (SSSR count). The number of para-hydroxylation sites is 4. The van der Waals surface area contributed by atoms with Gasteiger partial charge in [-0.3, -0.25) is 18.1 Å². The monoisotopic (exact) mass is 680 g/mol. The summed E-state index contributed by atoms with van der Waals surface area (Å²) in [4.78, 5) is 10.3. The van der Waals surface area contributed by atoms with Gasteiger partial charge in [0.1, 0.15) is 25.1 Å². The van der Waals surface area contributed by atoms with E-state index < -0.39 is 8.07 Å². The summed E-state index contributed by atoms with van der Waals surface area (Å²) < 4.78 is 15.7. The van der Waals surface area contributed by atoms with E-state index in [4.69, 9.17) is 14.7 Å². The summed E-state index contributed by atoms with van der Waals surface area (Å²) in [6, 6.07) is 42.4. The molecule has 1 aliphatic heterocycles. The van der Waals surface area contributed by atoms with Crippen LogP contribution in [0.2, 0.25) is 13.1 Å². The van der Waals surface area contributed by atoms with Gasteiger partial charge in [-0.1, -0.05) is 101 Å². The van der Waals surface area contributed by atoms with E-state index in [9.17, 15) is 0 Å². The Morgan fingerprint density at radius 3 is 2.37 bits per heavy atom. The second-order valence-electron chi connectivity index (χ2n) is 15.0. The number of imidazole rings is 3. The quantitative estimate of drug-likeness (QED) is 0.107.